The van der Waals surface area contributed by atoms with E-state index in [4.69, 9.17) is 10.5 Å². The number of unbranched alkanes of at least 4 members (excludes halogenated alkanes) is 1. The molecule has 2 aromatic rings. The van der Waals surface area contributed by atoms with Gasteiger partial charge < -0.3 is 20.7 Å². The number of ether oxygens (including phenoxy) is 1. The highest BCUT2D eigenvalue weighted by Crippen LogP contribution is 2.34. The molecule has 0 saturated carbocycles. The Morgan fingerprint density at radius 1 is 1.17 bits per heavy atom. The van der Waals surface area contributed by atoms with E-state index in [1.54, 1.807) is 0 Å². The fourth-order valence-electron chi connectivity index (χ4n) is 3.86. The molecule has 1 amide bonds. The second kappa shape index (κ2) is 9.25. The van der Waals surface area contributed by atoms with Crippen LogP contribution in [0.2, 0.25) is 0 Å². The number of nitrogens with two attached hydrogens (primary N) is 1. The Bertz CT molecular complexity index is 899. The first kappa shape index (κ1) is 20.3. The Morgan fingerprint density at radius 3 is 2.70 bits per heavy atom. The summed E-state index contributed by atoms with van der Waals surface area (Å²) in [5.41, 5.74) is 8.74. The number of pyridine rings is 1. The molecule has 1 saturated heterocycles. The number of hydrogen-bond donors (Lipinski definition) is 2. The van der Waals surface area contributed by atoms with Gasteiger partial charge in [0.1, 0.15) is 5.69 Å². The van der Waals surface area contributed by atoms with Crippen LogP contribution in [0.4, 0.5) is 17.3 Å². The summed E-state index contributed by atoms with van der Waals surface area (Å²) in [6, 6.07) is 2.39. The van der Waals surface area contributed by atoms with Gasteiger partial charge in [-0.15, -0.1) is 0 Å². The third-order valence-corrected chi connectivity index (χ3v) is 5.35. The maximum absolute atomic E-state index is 12.3. The Balaban J connectivity index is 1.54. The molecule has 160 valence electrons. The van der Waals surface area contributed by atoms with Crippen molar-refractivity contribution in [2.24, 2.45) is 0 Å². The third-order valence-electron chi connectivity index (χ3n) is 5.35. The van der Waals surface area contributed by atoms with E-state index in [2.05, 4.69) is 38.2 Å². The van der Waals surface area contributed by atoms with Gasteiger partial charge in [0.15, 0.2) is 11.6 Å². The van der Waals surface area contributed by atoms with E-state index in [-0.39, 0.29) is 24.3 Å². The molecule has 9 heteroatoms. The highest BCUT2D eigenvalue weighted by atomic mass is 16.5. The standard InChI is InChI=1S/C21H29N7O2/c1-2-3-8-30-21-25-19(22)18-20(26-21)28(14-17(29)24-18)13-16-9-15(10-23-11-16)12-27-6-4-5-7-27/h9-11H,2-8,12-14H2,1H3,(H,24,29)(H2,22,25,26). The van der Waals surface area contributed by atoms with Crippen LogP contribution in [0, 0.1) is 0 Å². The number of anilines is 3. The molecule has 0 aromatic carbocycles. The van der Waals surface area contributed by atoms with Crippen molar-refractivity contribution >= 4 is 23.2 Å². The average Bonchev–Trinajstić information content (AvgIpc) is 3.22. The number of rotatable bonds is 8. The van der Waals surface area contributed by atoms with Crippen molar-refractivity contribution in [1.82, 2.24) is 19.9 Å². The number of amides is 1. The second-order valence-electron chi connectivity index (χ2n) is 7.88. The maximum Gasteiger partial charge on any atom is 0.320 e. The van der Waals surface area contributed by atoms with Crippen molar-refractivity contribution in [2.75, 3.05) is 42.2 Å². The SMILES string of the molecule is CCCCOc1nc(N)c2c(n1)N(Cc1cncc(CN3CCCC3)c1)CC(=O)N2. The molecule has 0 spiro atoms. The molecule has 1 fully saturated rings. The van der Waals surface area contributed by atoms with Crippen LogP contribution < -0.4 is 20.7 Å². The third kappa shape index (κ3) is 4.79. The minimum Gasteiger partial charge on any atom is -0.463 e. The Hall–Kier alpha value is -2.94. The van der Waals surface area contributed by atoms with Crippen molar-refractivity contribution in [2.45, 2.75) is 45.7 Å². The Kier molecular flexibility index (Phi) is 6.27. The fraction of sp³-hybridized carbons (Fsp3) is 0.524. The number of carbonyl (C=O) groups excluding carboxylic acids is 1. The van der Waals surface area contributed by atoms with Gasteiger partial charge in [0.25, 0.3) is 0 Å². The summed E-state index contributed by atoms with van der Waals surface area (Å²) in [7, 11) is 0. The average molecular weight is 412 g/mol. The van der Waals surface area contributed by atoms with Crippen molar-refractivity contribution < 1.29 is 9.53 Å². The molecule has 9 nitrogen and oxygen atoms in total. The number of carbonyl (C=O) groups is 1. The van der Waals surface area contributed by atoms with Crippen molar-refractivity contribution in [3.63, 3.8) is 0 Å². The monoisotopic (exact) mass is 411 g/mol. The predicted octanol–water partition coefficient (Wildman–Crippen LogP) is 2.19. The topological polar surface area (TPSA) is 110 Å². The zero-order chi connectivity index (χ0) is 20.9. The summed E-state index contributed by atoms with van der Waals surface area (Å²) < 4.78 is 5.65. The largest absolute Gasteiger partial charge is 0.463 e. The number of aromatic nitrogens is 3. The van der Waals surface area contributed by atoms with Gasteiger partial charge in [-0.25, -0.2) is 0 Å². The van der Waals surface area contributed by atoms with Gasteiger partial charge in [-0.3, -0.25) is 14.7 Å². The lowest BCUT2D eigenvalue weighted by Gasteiger charge is -2.30. The lowest BCUT2D eigenvalue weighted by molar-refractivity contribution is -0.115. The van der Waals surface area contributed by atoms with Gasteiger partial charge in [-0.2, -0.15) is 9.97 Å². The van der Waals surface area contributed by atoms with Crippen molar-refractivity contribution in [3.8, 4) is 6.01 Å². The molecule has 0 unspecified atom stereocenters. The molecule has 3 N–H and O–H groups in total. The number of nitrogens with one attached hydrogen (secondary N) is 1. The van der Waals surface area contributed by atoms with Crippen LogP contribution in [0.25, 0.3) is 0 Å². The molecule has 4 heterocycles. The van der Waals surface area contributed by atoms with Gasteiger partial charge in [0.2, 0.25) is 5.91 Å². The molecular formula is C21H29N7O2. The van der Waals surface area contributed by atoms with E-state index in [0.717, 1.165) is 38.0 Å². The number of nitrogen functional groups attached to an aromatic ring is 1. The van der Waals surface area contributed by atoms with Gasteiger partial charge >= 0.3 is 6.01 Å². The highest BCUT2D eigenvalue weighted by Gasteiger charge is 2.27. The summed E-state index contributed by atoms with van der Waals surface area (Å²) >= 11 is 0. The van der Waals surface area contributed by atoms with Crippen LogP contribution in [0.3, 0.4) is 0 Å². The summed E-state index contributed by atoms with van der Waals surface area (Å²) in [5.74, 6) is 0.655. The van der Waals surface area contributed by atoms with E-state index in [1.165, 1.54) is 18.4 Å². The number of likely N-dealkylation sites (tertiary alicyclic amines) is 1. The molecule has 2 aliphatic rings. The first-order valence-corrected chi connectivity index (χ1v) is 10.6. The number of fused-ring (bicyclic) bond motifs is 1. The minimum atomic E-state index is -0.140. The van der Waals surface area contributed by atoms with E-state index in [1.807, 2.05) is 17.3 Å². The molecule has 2 aromatic heterocycles. The second-order valence-corrected chi connectivity index (χ2v) is 7.88. The van der Waals surface area contributed by atoms with Gasteiger partial charge in [0.05, 0.1) is 13.2 Å². The van der Waals surface area contributed by atoms with E-state index < -0.39 is 0 Å². The van der Waals surface area contributed by atoms with Crippen LogP contribution in [-0.4, -0.2) is 52.0 Å². The Morgan fingerprint density at radius 2 is 1.93 bits per heavy atom. The predicted molar refractivity (Wildman–Crippen MR) is 115 cm³/mol. The fourth-order valence-corrected chi connectivity index (χ4v) is 3.86. The lowest BCUT2D eigenvalue weighted by atomic mass is 10.1. The van der Waals surface area contributed by atoms with Gasteiger partial charge in [-0.05, 0) is 49.5 Å². The zero-order valence-corrected chi connectivity index (χ0v) is 17.4. The van der Waals surface area contributed by atoms with Crippen LogP contribution in [0.1, 0.15) is 43.7 Å². The number of nitrogens with zero attached hydrogens (tertiary/aromatic N) is 5. The van der Waals surface area contributed by atoms with E-state index in [9.17, 15) is 4.79 Å². The molecule has 30 heavy (non-hydrogen) atoms. The molecular weight excluding hydrogens is 382 g/mol. The molecule has 4 rings (SSSR count). The minimum absolute atomic E-state index is 0.140. The van der Waals surface area contributed by atoms with E-state index in [0.29, 0.717) is 24.7 Å². The summed E-state index contributed by atoms with van der Waals surface area (Å²) in [5, 5.41) is 2.79. The summed E-state index contributed by atoms with van der Waals surface area (Å²) in [6.07, 6.45) is 8.20. The van der Waals surface area contributed by atoms with Crippen molar-refractivity contribution in [1.29, 1.82) is 0 Å². The van der Waals surface area contributed by atoms with Crippen molar-refractivity contribution in [3.05, 3.63) is 29.6 Å². The smallest absolute Gasteiger partial charge is 0.320 e. The highest BCUT2D eigenvalue weighted by molar-refractivity contribution is 6.03. The molecule has 0 atom stereocenters. The van der Waals surface area contributed by atoms with Crippen LogP contribution in [0.5, 0.6) is 6.01 Å². The maximum atomic E-state index is 12.3. The van der Waals surface area contributed by atoms with Crippen LogP contribution in [0.15, 0.2) is 18.5 Å². The number of hydrogen-bond acceptors (Lipinski definition) is 8. The first-order chi connectivity index (χ1) is 14.6. The van der Waals surface area contributed by atoms with Gasteiger partial charge in [0, 0.05) is 25.5 Å². The first-order valence-electron chi connectivity index (χ1n) is 10.6. The quantitative estimate of drug-likeness (QED) is 0.636. The normalized spacial score (nSPS) is 16.4. The summed E-state index contributed by atoms with van der Waals surface area (Å²) in [6.45, 7) is 6.50. The van der Waals surface area contributed by atoms with E-state index >= 15 is 0 Å². The molecule has 0 radical (unpaired) electrons. The van der Waals surface area contributed by atoms with Gasteiger partial charge in [-0.1, -0.05) is 13.3 Å². The van der Waals surface area contributed by atoms with Crippen LogP contribution >= 0.6 is 0 Å². The van der Waals surface area contributed by atoms with Crippen LogP contribution in [-0.2, 0) is 17.9 Å². The zero-order valence-electron chi connectivity index (χ0n) is 17.4. The Labute approximate surface area is 176 Å². The summed E-state index contributed by atoms with van der Waals surface area (Å²) in [4.78, 5) is 29.7. The molecule has 2 aliphatic heterocycles. The molecule has 0 aliphatic carbocycles. The molecule has 0 bridgehead atoms. The lowest BCUT2D eigenvalue weighted by Crippen LogP contribution is -2.39.